The zero-order valence-corrected chi connectivity index (χ0v) is 17.1. The van der Waals surface area contributed by atoms with Gasteiger partial charge in [-0.3, -0.25) is 19.3 Å². The molecule has 5 nitrogen and oxygen atoms in total. The molecule has 132 valence electrons. The summed E-state index contributed by atoms with van der Waals surface area (Å²) in [4.78, 5) is 38.1. The number of ketones is 1. The molecule has 1 saturated heterocycles. The van der Waals surface area contributed by atoms with Gasteiger partial charge < -0.3 is 5.11 Å². The van der Waals surface area contributed by atoms with Gasteiger partial charge in [-0.2, -0.15) is 0 Å². The van der Waals surface area contributed by atoms with Crippen LogP contribution in [-0.4, -0.2) is 33.5 Å². The van der Waals surface area contributed by atoms with Gasteiger partial charge in [-0.15, -0.1) is 0 Å². The van der Waals surface area contributed by atoms with Crippen molar-refractivity contribution in [3.05, 3.63) is 67.4 Å². The molecule has 1 aliphatic heterocycles. The van der Waals surface area contributed by atoms with E-state index >= 15 is 0 Å². The highest BCUT2D eigenvalue weighted by Crippen LogP contribution is 2.33. The Morgan fingerprint density at radius 3 is 2.46 bits per heavy atom. The van der Waals surface area contributed by atoms with Gasteiger partial charge >= 0.3 is 0 Å². The number of Topliss-reactive ketones (excluding diaryl/α,β-unsaturated/α-hetero) is 1. The molecular formula is C18H11Br2NO4S. The van der Waals surface area contributed by atoms with E-state index in [1.807, 2.05) is 0 Å². The van der Waals surface area contributed by atoms with Crippen LogP contribution in [0.5, 0.6) is 5.75 Å². The molecule has 26 heavy (non-hydrogen) atoms. The van der Waals surface area contributed by atoms with Crippen molar-refractivity contribution in [3.63, 3.8) is 0 Å². The molecule has 2 aromatic carbocycles. The van der Waals surface area contributed by atoms with Gasteiger partial charge in [0.1, 0.15) is 5.75 Å². The summed E-state index contributed by atoms with van der Waals surface area (Å²) in [6.45, 7) is -0.303. The third-order valence-electron chi connectivity index (χ3n) is 3.61. The highest BCUT2D eigenvalue weighted by atomic mass is 79.9. The normalized spacial score (nSPS) is 15.8. The van der Waals surface area contributed by atoms with Crippen LogP contribution in [0, 0.1) is 0 Å². The largest absolute Gasteiger partial charge is 0.507 e. The van der Waals surface area contributed by atoms with E-state index in [2.05, 4.69) is 31.9 Å². The first-order valence-corrected chi connectivity index (χ1v) is 9.78. The standard InChI is InChI=1S/C18H11Br2NO4S/c19-12-4-2-11(3-5-12)15(23)9-21-17(24)16(26-18(21)25)8-10-1-6-14(22)13(20)7-10/h1-8,22H,9H2/b16-8+. The van der Waals surface area contributed by atoms with E-state index in [-0.39, 0.29) is 23.0 Å². The van der Waals surface area contributed by atoms with Crippen molar-refractivity contribution < 1.29 is 19.5 Å². The van der Waals surface area contributed by atoms with Crippen LogP contribution in [0.4, 0.5) is 4.79 Å². The predicted octanol–water partition coefficient (Wildman–Crippen LogP) is 4.84. The molecule has 2 amide bonds. The van der Waals surface area contributed by atoms with E-state index in [0.717, 1.165) is 21.1 Å². The molecule has 2 aromatic rings. The van der Waals surface area contributed by atoms with Crippen LogP contribution < -0.4 is 0 Å². The lowest BCUT2D eigenvalue weighted by Gasteiger charge is -2.11. The van der Waals surface area contributed by atoms with Gasteiger partial charge in [-0.1, -0.05) is 34.1 Å². The summed E-state index contributed by atoms with van der Waals surface area (Å²) < 4.78 is 1.32. The average molecular weight is 497 g/mol. The van der Waals surface area contributed by atoms with Gasteiger partial charge in [-0.25, -0.2) is 0 Å². The summed E-state index contributed by atoms with van der Waals surface area (Å²) in [5.74, 6) is -0.738. The van der Waals surface area contributed by atoms with Gasteiger partial charge in [0.2, 0.25) is 0 Å². The molecule has 0 spiro atoms. The van der Waals surface area contributed by atoms with Crippen molar-refractivity contribution in [1.82, 2.24) is 4.90 Å². The summed E-state index contributed by atoms with van der Waals surface area (Å²) in [5, 5.41) is 9.04. The van der Waals surface area contributed by atoms with Crippen LogP contribution in [0.1, 0.15) is 15.9 Å². The second kappa shape index (κ2) is 7.77. The molecule has 0 saturated carbocycles. The number of amides is 2. The van der Waals surface area contributed by atoms with Crippen molar-refractivity contribution >= 4 is 66.6 Å². The third kappa shape index (κ3) is 4.08. The first kappa shape index (κ1) is 18.9. The van der Waals surface area contributed by atoms with E-state index in [4.69, 9.17) is 0 Å². The van der Waals surface area contributed by atoms with Crippen molar-refractivity contribution in [2.45, 2.75) is 0 Å². The number of thioether (sulfide) groups is 1. The fourth-order valence-corrected chi connectivity index (χ4v) is 3.77. The predicted molar refractivity (Wildman–Crippen MR) is 107 cm³/mol. The summed E-state index contributed by atoms with van der Waals surface area (Å²) in [7, 11) is 0. The van der Waals surface area contributed by atoms with Gasteiger partial charge in [-0.05, 0) is 63.6 Å². The Kier molecular flexibility index (Phi) is 5.64. The van der Waals surface area contributed by atoms with Gasteiger partial charge in [0.15, 0.2) is 5.78 Å². The fourth-order valence-electron chi connectivity index (χ4n) is 2.27. The van der Waals surface area contributed by atoms with E-state index in [9.17, 15) is 19.5 Å². The Bertz CT molecular complexity index is 941. The van der Waals surface area contributed by atoms with E-state index in [0.29, 0.717) is 15.6 Å². The maximum absolute atomic E-state index is 12.5. The third-order valence-corrected chi connectivity index (χ3v) is 5.68. The number of hydrogen-bond donors (Lipinski definition) is 1. The number of halogens is 2. The number of imide groups is 1. The maximum atomic E-state index is 12.5. The van der Waals surface area contributed by atoms with E-state index in [1.54, 1.807) is 42.5 Å². The van der Waals surface area contributed by atoms with E-state index in [1.165, 1.54) is 6.07 Å². The molecule has 0 unspecified atom stereocenters. The molecule has 0 bridgehead atoms. The second-order valence-electron chi connectivity index (χ2n) is 5.41. The highest BCUT2D eigenvalue weighted by Gasteiger charge is 2.36. The summed E-state index contributed by atoms with van der Waals surface area (Å²) in [5.41, 5.74) is 1.08. The topological polar surface area (TPSA) is 74.7 Å². The number of aromatic hydroxyl groups is 1. The van der Waals surface area contributed by atoms with Gasteiger partial charge in [0, 0.05) is 10.0 Å². The lowest BCUT2D eigenvalue weighted by molar-refractivity contribution is -0.122. The molecule has 0 aromatic heterocycles. The Morgan fingerprint density at radius 2 is 1.81 bits per heavy atom. The van der Waals surface area contributed by atoms with Gasteiger partial charge in [0.25, 0.3) is 11.1 Å². The first-order valence-electron chi connectivity index (χ1n) is 7.38. The quantitative estimate of drug-likeness (QED) is 0.484. The maximum Gasteiger partial charge on any atom is 0.293 e. The molecule has 1 aliphatic rings. The molecule has 0 radical (unpaired) electrons. The molecule has 8 heteroatoms. The van der Waals surface area contributed by atoms with Crippen molar-refractivity contribution in [2.75, 3.05) is 6.54 Å². The molecule has 0 aliphatic carbocycles. The highest BCUT2D eigenvalue weighted by molar-refractivity contribution is 9.10. The first-order chi connectivity index (χ1) is 12.3. The Morgan fingerprint density at radius 1 is 1.12 bits per heavy atom. The average Bonchev–Trinajstić information content (AvgIpc) is 2.86. The lowest BCUT2D eigenvalue weighted by atomic mass is 10.1. The minimum absolute atomic E-state index is 0.0790. The van der Waals surface area contributed by atoms with Crippen molar-refractivity contribution in [3.8, 4) is 5.75 Å². The number of phenols is 1. The molecule has 1 fully saturated rings. The SMILES string of the molecule is O=C(CN1C(=O)S/C(=C/c2ccc(O)c(Br)c2)C1=O)c1ccc(Br)cc1. The Hall–Kier alpha value is -1.90. The molecule has 0 atom stereocenters. The summed E-state index contributed by atoms with van der Waals surface area (Å²) >= 11 is 7.28. The number of phenolic OH excluding ortho intramolecular Hbond substituents is 1. The number of hydrogen-bond acceptors (Lipinski definition) is 5. The molecule has 1 N–H and O–H groups in total. The van der Waals surface area contributed by atoms with Crippen LogP contribution in [0.15, 0.2) is 56.3 Å². The summed E-state index contributed by atoms with van der Waals surface area (Å²) in [6, 6.07) is 11.5. The minimum Gasteiger partial charge on any atom is -0.507 e. The zero-order chi connectivity index (χ0) is 18.8. The number of carbonyl (C=O) groups excluding carboxylic acids is 3. The Labute approximate surface area is 170 Å². The van der Waals surface area contributed by atoms with Crippen LogP contribution in [0.2, 0.25) is 0 Å². The van der Waals surface area contributed by atoms with Crippen LogP contribution in [0.25, 0.3) is 6.08 Å². The van der Waals surface area contributed by atoms with Crippen LogP contribution >= 0.6 is 43.6 Å². The zero-order valence-electron chi connectivity index (χ0n) is 13.1. The van der Waals surface area contributed by atoms with Crippen molar-refractivity contribution in [2.24, 2.45) is 0 Å². The van der Waals surface area contributed by atoms with Crippen LogP contribution in [0.3, 0.4) is 0 Å². The number of nitrogens with zero attached hydrogens (tertiary/aromatic N) is 1. The van der Waals surface area contributed by atoms with Gasteiger partial charge in [0.05, 0.1) is 15.9 Å². The Balaban J connectivity index is 1.78. The fraction of sp³-hybridized carbons (Fsp3) is 0.0556. The summed E-state index contributed by atoms with van der Waals surface area (Å²) in [6.07, 6.45) is 1.55. The number of benzene rings is 2. The van der Waals surface area contributed by atoms with Crippen LogP contribution in [-0.2, 0) is 4.79 Å². The molecular weight excluding hydrogens is 486 g/mol. The number of rotatable bonds is 4. The van der Waals surface area contributed by atoms with E-state index < -0.39 is 11.1 Å². The second-order valence-corrected chi connectivity index (χ2v) is 8.17. The van der Waals surface area contributed by atoms with Crippen molar-refractivity contribution in [1.29, 1.82) is 0 Å². The molecule has 1 heterocycles. The minimum atomic E-state index is -0.505. The number of carbonyl (C=O) groups is 3. The monoisotopic (exact) mass is 495 g/mol. The molecule has 3 rings (SSSR count). The smallest absolute Gasteiger partial charge is 0.293 e. The lowest BCUT2D eigenvalue weighted by Crippen LogP contribution is -2.33.